The maximum absolute atomic E-state index is 9.50. The van der Waals surface area contributed by atoms with Crippen molar-refractivity contribution >= 4 is 33.5 Å². The van der Waals surface area contributed by atoms with E-state index < -0.39 is 0 Å². The van der Waals surface area contributed by atoms with E-state index in [0.29, 0.717) is 18.0 Å². The normalized spacial score (nSPS) is 12.1. The molecule has 3 N–H and O–H groups in total. The summed E-state index contributed by atoms with van der Waals surface area (Å²) in [7, 11) is 0. The molecule has 0 saturated heterocycles. The van der Waals surface area contributed by atoms with Crippen molar-refractivity contribution in [1.29, 1.82) is 0 Å². The number of para-hydroxylation sites is 1. The van der Waals surface area contributed by atoms with Gasteiger partial charge in [0.1, 0.15) is 11.3 Å². The SMILES string of the molecule is CCCCc1nc2c(N)nc3ccccc3c2n1CCC/C(=N/O)c1ccccc1. The van der Waals surface area contributed by atoms with Crippen molar-refractivity contribution in [3.8, 4) is 0 Å². The number of benzene rings is 2. The topological polar surface area (TPSA) is 89.3 Å². The summed E-state index contributed by atoms with van der Waals surface area (Å²) in [4.78, 5) is 9.42. The third kappa shape index (κ3) is 3.85. The van der Waals surface area contributed by atoms with Gasteiger partial charge in [-0.15, -0.1) is 0 Å². The molecule has 0 saturated carbocycles. The molecule has 30 heavy (non-hydrogen) atoms. The highest BCUT2D eigenvalue weighted by atomic mass is 16.4. The number of aromatic nitrogens is 3. The molecule has 0 amide bonds. The minimum absolute atomic E-state index is 0.474. The van der Waals surface area contributed by atoms with E-state index in [4.69, 9.17) is 10.7 Å². The summed E-state index contributed by atoms with van der Waals surface area (Å²) in [5, 5.41) is 14.1. The molecule has 0 bridgehead atoms. The van der Waals surface area contributed by atoms with Gasteiger partial charge in [0.15, 0.2) is 5.82 Å². The molecule has 4 rings (SSSR count). The summed E-state index contributed by atoms with van der Waals surface area (Å²) in [6, 6.07) is 17.9. The number of anilines is 1. The van der Waals surface area contributed by atoms with Gasteiger partial charge < -0.3 is 15.5 Å². The smallest absolute Gasteiger partial charge is 0.152 e. The zero-order valence-corrected chi connectivity index (χ0v) is 17.3. The molecule has 2 aromatic heterocycles. The molecule has 2 heterocycles. The lowest BCUT2D eigenvalue weighted by atomic mass is 10.1. The second-order valence-electron chi connectivity index (χ2n) is 7.51. The molecule has 0 aliphatic rings. The van der Waals surface area contributed by atoms with Crippen molar-refractivity contribution in [1.82, 2.24) is 14.5 Å². The Bertz CT molecular complexity index is 1180. The highest BCUT2D eigenvalue weighted by Crippen LogP contribution is 2.29. The van der Waals surface area contributed by atoms with E-state index in [1.54, 1.807) is 0 Å². The Hall–Kier alpha value is -3.41. The maximum Gasteiger partial charge on any atom is 0.152 e. The lowest BCUT2D eigenvalue weighted by molar-refractivity contribution is 0.317. The lowest BCUT2D eigenvalue weighted by Crippen LogP contribution is -2.08. The predicted octanol–water partition coefficient (Wildman–Crippen LogP) is 5.17. The van der Waals surface area contributed by atoms with Crippen LogP contribution in [0.3, 0.4) is 0 Å². The van der Waals surface area contributed by atoms with E-state index in [1.807, 2.05) is 48.5 Å². The molecular formula is C24H27N5O. The van der Waals surface area contributed by atoms with E-state index >= 15 is 0 Å². The Morgan fingerprint density at radius 2 is 1.80 bits per heavy atom. The Kier molecular flexibility index (Phi) is 5.93. The zero-order valence-electron chi connectivity index (χ0n) is 17.3. The van der Waals surface area contributed by atoms with Crippen molar-refractivity contribution in [2.24, 2.45) is 5.16 Å². The average Bonchev–Trinajstić information content (AvgIpc) is 3.15. The zero-order chi connectivity index (χ0) is 20.9. The van der Waals surface area contributed by atoms with Gasteiger partial charge >= 0.3 is 0 Å². The molecule has 0 aliphatic heterocycles. The van der Waals surface area contributed by atoms with E-state index in [0.717, 1.165) is 65.6 Å². The Morgan fingerprint density at radius 1 is 1.03 bits per heavy atom. The number of aryl methyl sites for hydroxylation is 2. The maximum atomic E-state index is 9.50. The third-order valence-corrected chi connectivity index (χ3v) is 5.47. The van der Waals surface area contributed by atoms with Crippen LogP contribution in [0, 0.1) is 0 Å². The second-order valence-corrected chi connectivity index (χ2v) is 7.51. The predicted molar refractivity (Wildman–Crippen MR) is 122 cm³/mol. The van der Waals surface area contributed by atoms with E-state index in [1.165, 1.54) is 0 Å². The van der Waals surface area contributed by atoms with Gasteiger partial charge in [-0.05, 0) is 30.9 Å². The number of nitrogens with zero attached hydrogens (tertiary/aromatic N) is 4. The number of hydrogen-bond donors (Lipinski definition) is 2. The number of rotatable bonds is 8. The number of nitrogens with two attached hydrogens (primary N) is 1. The number of fused-ring (bicyclic) bond motifs is 3. The average molecular weight is 402 g/mol. The molecular weight excluding hydrogens is 374 g/mol. The van der Waals surface area contributed by atoms with Crippen LogP contribution < -0.4 is 5.73 Å². The molecule has 0 spiro atoms. The largest absolute Gasteiger partial charge is 0.411 e. The fraction of sp³-hybridized carbons (Fsp3) is 0.292. The summed E-state index contributed by atoms with van der Waals surface area (Å²) in [5.74, 6) is 1.51. The molecule has 154 valence electrons. The Morgan fingerprint density at radius 3 is 2.57 bits per heavy atom. The van der Waals surface area contributed by atoms with Gasteiger partial charge in [0.05, 0.1) is 16.7 Å². The number of hydrogen-bond acceptors (Lipinski definition) is 5. The molecule has 0 radical (unpaired) electrons. The van der Waals surface area contributed by atoms with Crippen LogP contribution in [0.4, 0.5) is 5.82 Å². The van der Waals surface area contributed by atoms with Crippen LogP contribution in [0.2, 0.25) is 0 Å². The first-order valence-corrected chi connectivity index (χ1v) is 10.5. The summed E-state index contributed by atoms with van der Waals surface area (Å²) in [6.07, 6.45) is 4.58. The van der Waals surface area contributed by atoms with Gasteiger partial charge in [-0.1, -0.05) is 67.0 Å². The van der Waals surface area contributed by atoms with E-state index in [2.05, 4.69) is 27.7 Å². The van der Waals surface area contributed by atoms with Crippen LogP contribution in [-0.2, 0) is 13.0 Å². The van der Waals surface area contributed by atoms with Gasteiger partial charge in [-0.25, -0.2) is 9.97 Å². The minimum atomic E-state index is 0.474. The first kappa shape index (κ1) is 19.9. The fourth-order valence-electron chi connectivity index (χ4n) is 3.96. The molecule has 0 aliphatic carbocycles. The van der Waals surface area contributed by atoms with Crippen LogP contribution >= 0.6 is 0 Å². The van der Waals surface area contributed by atoms with Crippen molar-refractivity contribution in [3.05, 3.63) is 66.0 Å². The van der Waals surface area contributed by atoms with Gasteiger partial charge in [0.25, 0.3) is 0 Å². The van der Waals surface area contributed by atoms with Gasteiger partial charge in [-0.3, -0.25) is 0 Å². The molecule has 0 fully saturated rings. The van der Waals surface area contributed by atoms with Crippen molar-refractivity contribution < 1.29 is 5.21 Å². The fourth-order valence-corrected chi connectivity index (χ4v) is 3.96. The highest BCUT2D eigenvalue weighted by molar-refractivity contribution is 6.06. The monoisotopic (exact) mass is 401 g/mol. The Balaban J connectivity index is 1.69. The summed E-state index contributed by atoms with van der Waals surface area (Å²) >= 11 is 0. The van der Waals surface area contributed by atoms with Crippen LogP contribution in [0.15, 0.2) is 59.8 Å². The third-order valence-electron chi connectivity index (χ3n) is 5.47. The first-order chi connectivity index (χ1) is 14.7. The van der Waals surface area contributed by atoms with E-state index in [-0.39, 0.29) is 0 Å². The Labute approximate surface area is 176 Å². The number of oxime groups is 1. The highest BCUT2D eigenvalue weighted by Gasteiger charge is 2.17. The molecule has 4 aromatic rings. The van der Waals surface area contributed by atoms with Crippen LogP contribution in [0.25, 0.3) is 21.9 Å². The molecule has 6 nitrogen and oxygen atoms in total. The molecule has 0 unspecified atom stereocenters. The van der Waals surface area contributed by atoms with Gasteiger partial charge in [-0.2, -0.15) is 0 Å². The molecule has 6 heteroatoms. The molecule has 0 atom stereocenters. The van der Waals surface area contributed by atoms with Crippen molar-refractivity contribution in [3.63, 3.8) is 0 Å². The van der Waals surface area contributed by atoms with Gasteiger partial charge in [0, 0.05) is 18.4 Å². The van der Waals surface area contributed by atoms with E-state index in [9.17, 15) is 5.21 Å². The van der Waals surface area contributed by atoms with Crippen LogP contribution in [-0.4, -0.2) is 25.5 Å². The standard InChI is InChI=1S/C24H27N5O/c1-2-3-15-21-27-22-23(18-12-7-8-13-20(18)26-24(22)25)29(21)16-9-14-19(28-30)17-10-5-4-6-11-17/h4-8,10-13,30H,2-3,9,14-16H2,1H3,(H2,25,26)/b28-19-. The first-order valence-electron chi connectivity index (χ1n) is 10.5. The van der Waals surface area contributed by atoms with Crippen molar-refractivity contribution in [2.45, 2.75) is 45.6 Å². The lowest BCUT2D eigenvalue weighted by Gasteiger charge is -2.11. The quantitative estimate of drug-likeness (QED) is 0.242. The van der Waals surface area contributed by atoms with Crippen LogP contribution in [0.1, 0.15) is 44.0 Å². The van der Waals surface area contributed by atoms with Crippen molar-refractivity contribution in [2.75, 3.05) is 5.73 Å². The number of nitrogen functional groups attached to an aromatic ring is 1. The molecule has 2 aromatic carbocycles. The van der Waals surface area contributed by atoms with Crippen LogP contribution in [0.5, 0.6) is 0 Å². The number of unbranched alkanes of at least 4 members (excludes halogenated alkanes) is 1. The second kappa shape index (κ2) is 8.95. The number of imidazole rings is 1. The van der Waals surface area contributed by atoms with Gasteiger partial charge in [0.2, 0.25) is 0 Å². The summed E-state index contributed by atoms with van der Waals surface area (Å²) in [6.45, 7) is 2.96. The summed E-state index contributed by atoms with van der Waals surface area (Å²) < 4.78 is 2.28. The minimum Gasteiger partial charge on any atom is -0.411 e. The summed E-state index contributed by atoms with van der Waals surface area (Å²) in [5.41, 5.74) is 10.6. The number of pyridine rings is 1.